The van der Waals surface area contributed by atoms with E-state index in [2.05, 4.69) is 31.5 Å². The molecular weight excluding hydrogens is 226 g/mol. The molecular formula is C15H29NS. The Bertz CT molecular complexity index is 224. The van der Waals surface area contributed by atoms with E-state index in [9.17, 15) is 0 Å². The highest BCUT2D eigenvalue weighted by Crippen LogP contribution is 2.43. The topological polar surface area (TPSA) is 3.24 Å². The first-order chi connectivity index (χ1) is 8.19. The minimum absolute atomic E-state index is 0.569. The van der Waals surface area contributed by atoms with Gasteiger partial charge >= 0.3 is 0 Å². The Labute approximate surface area is 113 Å². The predicted molar refractivity (Wildman–Crippen MR) is 78.8 cm³/mol. The van der Waals surface area contributed by atoms with Gasteiger partial charge in [0.1, 0.15) is 0 Å². The molecule has 0 radical (unpaired) electrons. The molecule has 0 aromatic heterocycles. The predicted octanol–water partition coefficient (Wildman–Crippen LogP) is 3.99. The van der Waals surface area contributed by atoms with Crippen molar-refractivity contribution in [1.82, 2.24) is 4.90 Å². The first-order valence-electron chi connectivity index (χ1n) is 7.50. The van der Waals surface area contributed by atoms with Crippen molar-refractivity contribution in [2.24, 2.45) is 11.3 Å². The standard InChI is InChI=1S/C15H29NS/c1-3-13-5-7-14(8-6-13)16(2)11-15(12-17)9-4-10-15/h13-14,17H,3-12H2,1-2H3. The van der Waals surface area contributed by atoms with E-state index in [1.807, 2.05) is 0 Å². The molecule has 0 heterocycles. The van der Waals surface area contributed by atoms with Crippen molar-refractivity contribution in [3.63, 3.8) is 0 Å². The number of hydrogen-bond acceptors (Lipinski definition) is 2. The third kappa shape index (κ3) is 3.20. The van der Waals surface area contributed by atoms with Crippen molar-refractivity contribution < 1.29 is 0 Å². The summed E-state index contributed by atoms with van der Waals surface area (Å²) in [5, 5.41) is 0. The summed E-state index contributed by atoms with van der Waals surface area (Å²) in [7, 11) is 2.35. The Kier molecular flexibility index (Phi) is 4.82. The fraction of sp³-hybridized carbons (Fsp3) is 1.00. The maximum Gasteiger partial charge on any atom is 0.00926 e. The Morgan fingerprint density at radius 1 is 1.18 bits per heavy atom. The van der Waals surface area contributed by atoms with Gasteiger partial charge in [0.25, 0.3) is 0 Å². The van der Waals surface area contributed by atoms with Crippen molar-refractivity contribution in [2.75, 3.05) is 19.3 Å². The van der Waals surface area contributed by atoms with Crippen LogP contribution in [0, 0.1) is 11.3 Å². The van der Waals surface area contributed by atoms with Gasteiger partial charge in [0, 0.05) is 12.6 Å². The van der Waals surface area contributed by atoms with Gasteiger partial charge in [-0.2, -0.15) is 12.6 Å². The van der Waals surface area contributed by atoms with E-state index >= 15 is 0 Å². The number of hydrogen-bond donors (Lipinski definition) is 1. The van der Waals surface area contributed by atoms with Crippen molar-refractivity contribution >= 4 is 12.6 Å². The lowest BCUT2D eigenvalue weighted by Gasteiger charge is -2.46. The smallest absolute Gasteiger partial charge is 0.00926 e. The SMILES string of the molecule is CCC1CCC(N(C)CC2(CS)CCC2)CC1. The molecule has 0 spiro atoms. The van der Waals surface area contributed by atoms with Gasteiger partial charge in [-0.25, -0.2) is 0 Å². The zero-order chi connectivity index (χ0) is 12.3. The van der Waals surface area contributed by atoms with E-state index in [0.29, 0.717) is 5.41 Å². The molecule has 0 unspecified atom stereocenters. The van der Waals surface area contributed by atoms with Crippen LogP contribution in [0.4, 0.5) is 0 Å². The third-order valence-corrected chi connectivity index (χ3v) is 6.02. The van der Waals surface area contributed by atoms with Gasteiger partial charge in [0.2, 0.25) is 0 Å². The number of nitrogens with zero attached hydrogens (tertiary/aromatic N) is 1. The fourth-order valence-corrected chi connectivity index (χ4v) is 4.11. The summed E-state index contributed by atoms with van der Waals surface area (Å²) < 4.78 is 0. The van der Waals surface area contributed by atoms with Crippen LogP contribution < -0.4 is 0 Å². The van der Waals surface area contributed by atoms with Gasteiger partial charge in [-0.3, -0.25) is 0 Å². The van der Waals surface area contributed by atoms with Gasteiger partial charge in [0.05, 0.1) is 0 Å². The summed E-state index contributed by atoms with van der Waals surface area (Å²) in [6.07, 6.45) is 11.4. The first-order valence-corrected chi connectivity index (χ1v) is 8.13. The molecule has 17 heavy (non-hydrogen) atoms. The normalized spacial score (nSPS) is 32.5. The summed E-state index contributed by atoms with van der Waals surface area (Å²) in [4.78, 5) is 2.65. The molecule has 0 aromatic rings. The molecule has 2 saturated carbocycles. The lowest BCUT2D eigenvalue weighted by Crippen LogP contribution is -2.46. The maximum atomic E-state index is 4.57. The van der Waals surface area contributed by atoms with E-state index in [1.165, 1.54) is 57.9 Å². The maximum absolute atomic E-state index is 4.57. The van der Waals surface area contributed by atoms with Crippen LogP contribution >= 0.6 is 12.6 Å². The summed E-state index contributed by atoms with van der Waals surface area (Å²) in [6.45, 7) is 3.64. The molecule has 2 aliphatic rings. The fourth-order valence-electron chi connectivity index (χ4n) is 3.70. The summed E-state index contributed by atoms with van der Waals surface area (Å²) >= 11 is 4.57. The minimum Gasteiger partial charge on any atom is -0.303 e. The lowest BCUT2D eigenvalue weighted by atomic mass is 9.69. The quantitative estimate of drug-likeness (QED) is 0.727. The van der Waals surface area contributed by atoms with Crippen LogP contribution in [0.3, 0.4) is 0 Å². The van der Waals surface area contributed by atoms with Crippen LogP contribution in [-0.4, -0.2) is 30.3 Å². The monoisotopic (exact) mass is 255 g/mol. The van der Waals surface area contributed by atoms with Gasteiger partial charge < -0.3 is 4.90 Å². The van der Waals surface area contributed by atoms with Crippen molar-refractivity contribution in [3.05, 3.63) is 0 Å². The molecule has 0 saturated heterocycles. The molecule has 0 N–H and O–H groups in total. The lowest BCUT2D eigenvalue weighted by molar-refractivity contribution is 0.0634. The van der Waals surface area contributed by atoms with Crippen LogP contribution in [0.5, 0.6) is 0 Å². The van der Waals surface area contributed by atoms with E-state index in [4.69, 9.17) is 0 Å². The van der Waals surface area contributed by atoms with Gasteiger partial charge in [-0.05, 0) is 62.7 Å². The van der Waals surface area contributed by atoms with E-state index in [1.54, 1.807) is 0 Å². The number of rotatable bonds is 5. The molecule has 2 fully saturated rings. The van der Waals surface area contributed by atoms with Crippen molar-refractivity contribution in [2.45, 2.75) is 64.3 Å². The van der Waals surface area contributed by atoms with Gasteiger partial charge in [-0.15, -0.1) is 0 Å². The van der Waals surface area contributed by atoms with Crippen LogP contribution in [-0.2, 0) is 0 Å². The second-order valence-electron chi connectivity index (χ2n) is 6.51. The first kappa shape index (κ1) is 13.7. The molecule has 0 aromatic carbocycles. The Morgan fingerprint density at radius 2 is 1.82 bits per heavy atom. The second-order valence-corrected chi connectivity index (χ2v) is 6.83. The number of thiol groups is 1. The summed E-state index contributed by atoms with van der Waals surface area (Å²) in [5.41, 5.74) is 0.569. The van der Waals surface area contributed by atoms with Crippen LogP contribution in [0.25, 0.3) is 0 Å². The van der Waals surface area contributed by atoms with Gasteiger partial charge in [-0.1, -0.05) is 19.8 Å². The van der Waals surface area contributed by atoms with Crippen LogP contribution in [0.1, 0.15) is 58.3 Å². The molecule has 0 atom stereocenters. The Hall–Kier alpha value is 0.310. The third-order valence-electron chi connectivity index (χ3n) is 5.35. The molecule has 0 aliphatic heterocycles. The average molecular weight is 255 g/mol. The highest BCUT2D eigenvalue weighted by atomic mass is 32.1. The highest BCUT2D eigenvalue weighted by molar-refractivity contribution is 7.80. The Balaban J connectivity index is 1.78. The molecule has 1 nitrogen and oxygen atoms in total. The van der Waals surface area contributed by atoms with E-state index < -0.39 is 0 Å². The summed E-state index contributed by atoms with van der Waals surface area (Å²) in [5.74, 6) is 2.10. The zero-order valence-corrected chi connectivity index (χ0v) is 12.5. The highest BCUT2D eigenvalue weighted by Gasteiger charge is 2.38. The second kappa shape index (κ2) is 5.97. The minimum atomic E-state index is 0.569. The largest absolute Gasteiger partial charge is 0.303 e. The molecule has 100 valence electrons. The van der Waals surface area contributed by atoms with Gasteiger partial charge in [0.15, 0.2) is 0 Å². The Morgan fingerprint density at radius 3 is 2.24 bits per heavy atom. The molecule has 2 rings (SSSR count). The van der Waals surface area contributed by atoms with E-state index in [0.717, 1.165) is 17.7 Å². The average Bonchev–Trinajstić information content (AvgIpc) is 2.33. The van der Waals surface area contributed by atoms with Crippen molar-refractivity contribution in [1.29, 1.82) is 0 Å². The zero-order valence-electron chi connectivity index (χ0n) is 11.6. The molecule has 2 heteroatoms. The molecule has 0 bridgehead atoms. The van der Waals surface area contributed by atoms with Crippen LogP contribution in [0.15, 0.2) is 0 Å². The van der Waals surface area contributed by atoms with E-state index in [-0.39, 0.29) is 0 Å². The molecule has 2 aliphatic carbocycles. The van der Waals surface area contributed by atoms with Crippen molar-refractivity contribution in [3.8, 4) is 0 Å². The summed E-state index contributed by atoms with van der Waals surface area (Å²) in [6, 6.07) is 0.857. The van der Waals surface area contributed by atoms with Crippen LogP contribution in [0.2, 0.25) is 0 Å². The molecule has 0 amide bonds.